The van der Waals surface area contributed by atoms with Crippen molar-refractivity contribution in [3.8, 4) is 0 Å². The normalized spacial score (nSPS) is 16.8. The van der Waals surface area contributed by atoms with E-state index in [1.165, 1.54) is 0 Å². The van der Waals surface area contributed by atoms with Gasteiger partial charge in [0.25, 0.3) is 0 Å². The van der Waals surface area contributed by atoms with E-state index in [2.05, 4.69) is 15.9 Å². The minimum atomic E-state index is -1.69. The second kappa shape index (κ2) is 3.59. The number of benzene rings is 1. The molecule has 1 aliphatic rings. The van der Waals surface area contributed by atoms with E-state index in [1.54, 1.807) is 18.2 Å². The second-order valence-electron chi connectivity index (χ2n) is 3.96. The predicted octanol–water partition coefficient (Wildman–Crippen LogP) is 1.70. The Balaban J connectivity index is 2.46. The van der Waals surface area contributed by atoms with Crippen LogP contribution in [0.1, 0.15) is 11.1 Å². The number of carbonyl (C=O) groups is 2. The van der Waals surface area contributed by atoms with Crippen molar-refractivity contribution in [3.05, 3.63) is 33.8 Å². The summed E-state index contributed by atoms with van der Waals surface area (Å²) in [7, 11) is 0. The molecular formula is C11H9BrO4. The van der Waals surface area contributed by atoms with Gasteiger partial charge in [0.15, 0.2) is 5.41 Å². The molecule has 0 bridgehead atoms. The maximum Gasteiger partial charge on any atom is 0.321 e. The largest absolute Gasteiger partial charge is 0.480 e. The van der Waals surface area contributed by atoms with Crippen LogP contribution in [0.4, 0.5) is 0 Å². The summed E-state index contributed by atoms with van der Waals surface area (Å²) in [5.74, 6) is -2.54. The molecule has 0 heterocycles. The number of rotatable bonds is 2. The van der Waals surface area contributed by atoms with Gasteiger partial charge in [-0.2, -0.15) is 0 Å². The van der Waals surface area contributed by atoms with Crippen LogP contribution in [0, 0.1) is 5.41 Å². The maximum atomic E-state index is 11.1. The Morgan fingerprint density at radius 1 is 1.12 bits per heavy atom. The smallest absolute Gasteiger partial charge is 0.321 e. The molecule has 0 atom stereocenters. The number of carboxylic acid groups (broad SMARTS) is 2. The van der Waals surface area contributed by atoms with Crippen LogP contribution in [0.15, 0.2) is 22.7 Å². The monoisotopic (exact) mass is 284 g/mol. The molecule has 0 saturated heterocycles. The van der Waals surface area contributed by atoms with E-state index in [0.717, 1.165) is 15.6 Å². The van der Waals surface area contributed by atoms with Gasteiger partial charge in [0, 0.05) is 4.47 Å². The van der Waals surface area contributed by atoms with Crippen molar-refractivity contribution in [1.29, 1.82) is 0 Å². The van der Waals surface area contributed by atoms with Gasteiger partial charge in [-0.1, -0.05) is 22.0 Å². The number of halogens is 1. The zero-order valence-electron chi connectivity index (χ0n) is 8.24. The molecule has 0 aliphatic heterocycles. The first-order valence-corrected chi connectivity index (χ1v) is 5.49. The first kappa shape index (κ1) is 11.1. The quantitative estimate of drug-likeness (QED) is 0.811. The van der Waals surface area contributed by atoms with E-state index in [-0.39, 0.29) is 12.8 Å². The van der Waals surface area contributed by atoms with Crippen LogP contribution >= 0.6 is 15.9 Å². The van der Waals surface area contributed by atoms with Crippen molar-refractivity contribution in [2.75, 3.05) is 0 Å². The van der Waals surface area contributed by atoms with Crippen molar-refractivity contribution in [2.24, 2.45) is 5.41 Å². The summed E-state index contributed by atoms with van der Waals surface area (Å²) in [6, 6.07) is 5.34. The van der Waals surface area contributed by atoms with Gasteiger partial charge in [0.2, 0.25) is 0 Å². The topological polar surface area (TPSA) is 74.6 Å². The van der Waals surface area contributed by atoms with E-state index < -0.39 is 17.4 Å². The third kappa shape index (κ3) is 1.51. The van der Waals surface area contributed by atoms with Crippen molar-refractivity contribution >= 4 is 27.9 Å². The number of aliphatic carboxylic acids is 2. The maximum absolute atomic E-state index is 11.1. The van der Waals surface area contributed by atoms with Gasteiger partial charge < -0.3 is 10.2 Å². The molecule has 2 rings (SSSR count). The number of fused-ring (bicyclic) bond motifs is 1. The van der Waals surface area contributed by atoms with Gasteiger partial charge in [-0.25, -0.2) is 0 Å². The molecule has 0 radical (unpaired) electrons. The van der Waals surface area contributed by atoms with Gasteiger partial charge in [-0.05, 0) is 36.1 Å². The highest BCUT2D eigenvalue weighted by molar-refractivity contribution is 9.10. The fourth-order valence-corrected chi connectivity index (χ4v) is 2.45. The zero-order chi connectivity index (χ0) is 11.9. The second-order valence-corrected chi connectivity index (χ2v) is 4.87. The third-order valence-corrected chi connectivity index (χ3v) is 3.46. The summed E-state index contributed by atoms with van der Waals surface area (Å²) in [5, 5.41) is 18.2. The van der Waals surface area contributed by atoms with E-state index in [1.807, 2.05) is 0 Å². The van der Waals surface area contributed by atoms with E-state index in [0.29, 0.717) is 0 Å². The standard InChI is InChI=1S/C11H9BrO4/c12-8-2-1-6-4-11(9(13)14,10(15)16)5-7(6)3-8/h1-3H,4-5H2,(H,13,14)(H,15,16). The molecule has 0 aromatic heterocycles. The molecule has 1 aliphatic carbocycles. The molecule has 0 spiro atoms. The van der Waals surface area contributed by atoms with Crippen molar-refractivity contribution in [3.63, 3.8) is 0 Å². The minimum Gasteiger partial charge on any atom is -0.480 e. The lowest BCUT2D eigenvalue weighted by molar-refractivity contribution is -0.163. The molecule has 1 aromatic rings. The van der Waals surface area contributed by atoms with Crippen molar-refractivity contribution in [1.82, 2.24) is 0 Å². The van der Waals surface area contributed by atoms with Crippen LogP contribution in [-0.2, 0) is 22.4 Å². The lowest BCUT2D eigenvalue weighted by Crippen LogP contribution is -2.40. The zero-order valence-corrected chi connectivity index (χ0v) is 9.82. The molecule has 4 nitrogen and oxygen atoms in total. The van der Waals surface area contributed by atoms with Crippen LogP contribution in [-0.4, -0.2) is 22.2 Å². The molecule has 5 heteroatoms. The Morgan fingerprint density at radius 2 is 1.69 bits per heavy atom. The Hall–Kier alpha value is -1.36. The molecule has 0 amide bonds. The lowest BCUT2D eigenvalue weighted by Gasteiger charge is -2.17. The molecule has 16 heavy (non-hydrogen) atoms. The average molecular weight is 285 g/mol. The summed E-state index contributed by atoms with van der Waals surface area (Å²) < 4.78 is 0.831. The van der Waals surface area contributed by atoms with Crippen LogP contribution in [0.2, 0.25) is 0 Å². The summed E-state index contributed by atoms with van der Waals surface area (Å²) in [6.45, 7) is 0. The van der Waals surface area contributed by atoms with Crippen LogP contribution in [0.5, 0.6) is 0 Å². The van der Waals surface area contributed by atoms with Gasteiger partial charge in [-0.15, -0.1) is 0 Å². The molecular weight excluding hydrogens is 276 g/mol. The fraction of sp³-hybridized carbons (Fsp3) is 0.273. The average Bonchev–Trinajstić information content (AvgIpc) is 2.57. The molecule has 0 fully saturated rings. The molecule has 0 unspecified atom stereocenters. The van der Waals surface area contributed by atoms with E-state index in [4.69, 9.17) is 10.2 Å². The van der Waals surface area contributed by atoms with Gasteiger partial charge in [0.1, 0.15) is 0 Å². The molecule has 1 aromatic carbocycles. The fourth-order valence-electron chi connectivity index (χ4n) is 2.04. The van der Waals surface area contributed by atoms with Gasteiger partial charge in [-0.3, -0.25) is 9.59 Å². The number of hydrogen-bond donors (Lipinski definition) is 2. The Labute approximate surface area is 100 Å². The summed E-state index contributed by atoms with van der Waals surface area (Å²) in [4.78, 5) is 22.3. The number of hydrogen-bond acceptors (Lipinski definition) is 2. The molecule has 2 N–H and O–H groups in total. The predicted molar refractivity (Wildman–Crippen MR) is 59.3 cm³/mol. The van der Waals surface area contributed by atoms with E-state index in [9.17, 15) is 9.59 Å². The Bertz CT molecular complexity index is 467. The first-order chi connectivity index (χ1) is 7.45. The minimum absolute atomic E-state index is 0.0481. The van der Waals surface area contributed by atoms with Crippen LogP contribution < -0.4 is 0 Å². The summed E-state index contributed by atoms with van der Waals surface area (Å²) in [6.07, 6.45) is 0.104. The molecule has 0 saturated carbocycles. The highest BCUT2D eigenvalue weighted by Crippen LogP contribution is 2.38. The highest BCUT2D eigenvalue weighted by atomic mass is 79.9. The van der Waals surface area contributed by atoms with Crippen LogP contribution in [0.25, 0.3) is 0 Å². The SMILES string of the molecule is O=C(O)C1(C(=O)O)Cc2ccc(Br)cc2C1. The number of carboxylic acids is 2. The van der Waals surface area contributed by atoms with Gasteiger partial charge in [0.05, 0.1) is 0 Å². The lowest BCUT2D eigenvalue weighted by atomic mass is 9.85. The van der Waals surface area contributed by atoms with Crippen molar-refractivity contribution in [2.45, 2.75) is 12.8 Å². The molecule has 84 valence electrons. The van der Waals surface area contributed by atoms with Crippen molar-refractivity contribution < 1.29 is 19.8 Å². The van der Waals surface area contributed by atoms with E-state index >= 15 is 0 Å². The third-order valence-electron chi connectivity index (χ3n) is 2.97. The first-order valence-electron chi connectivity index (χ1n) is 4.70. The van der Waals surface area contributed by atoms with Gasteiger partial charge >= 0.3 is 11.9 Å². The van der Waals surface area contributed by atoms with Crippen LogP contribution in [0.3, 0.4) is 0 Å². The summed E-state index contributed by atoms with van der Waals surface area (Å²) in [5.41, 5.74) is -0.101. The summed E-state index contributed by atoms with van der Waals surface area (Å²) >= 11 is 3.28. The Kier molecular flexibility index (Phi) is 2.50. The Morgan fingerprint density at radius 3 is 2.25 bits per heavy atom. The highest BCUT2D eigenvalue weighted by Gasteiger charge is 2.50.